The van der Waals surface area contributed by atoms with Crippen molar-refractivity contribution in [1.82, 2.24) is 30.0 Å². The number of aromatic nitrogens is 4. The van der Waals surface area contributed by atoms with Gasteiger partial charge in [0.05, 0.1) is 33.4 Å². The Morgan fingerprint density at radius 2 is 1.74 bits per heavy atom. The summed E-state index contributed by atoms with van der Waals surface area (Å²) in [6.07, 6.45) is 5.42. The van der Waals surface area contributed by atoms with E-state index in [-0.39, 0.29) is 6.04 Å². The van der Waals surface area contributed by atoms with Crippen LogP contribution in [-0.4, -0.2) is 90.2 Å². The van der Waals surface area contributed by atoms with E-state index in [0.717, 1.165) is 49.4 Å². The second kappa shape index (κ2) is 10.4. The summed E-state index contributed by atoms with van der Waals surface area (Å²) in [5.74, 6) is 2.26. The molecule has 0 radical (unpaired) electrons. The molecular weight excluding hydrogens is 396 g/mol. The lowest BCUT2D eigenvalue weighted by molar-refractivity contribution is 0.0762. The fourth-order valence-corrected chi connectivity index (χ4v) is 4.92. The van der Waals surface area contributed by atoms with Gasteiger partial charge in [-0.1, -0.05) is 18.9 Å². The van der Waals surface area contributed by atoms with E-state index in [1.165, 1.54) is 25.7 Å². The molecule has 1 aromatic carbocycles. The van der Waals surface area contributed by atoms with E-state index in [9.17, 15) is 0 Å². The highest BCUT2D eigenvalue weighted by molar-refractivity contribution is 5.45. The third-order valence-corrected chi connectivity index (χ3v) is 6.59. The Morgan fingerprint density at radius 1 is 1.00 bits per heavy atom. The molecular formula is C22H34N6O3. The standard InChI is InChI=1S/C22H34N6O3/c1-29-15-14-28-22(23-24-25-28)21(17-8-9-19(30-2)20(16-17)31-3)27-12-10-26(11-13-27)18-6-4-5-7-18/h8-9,16,18,21H,4-7,10-15H2,1-3H3. The van der Waals surface area contributed by atoms with Crippen LogP contribution in [0.15, 0.2) is 18.2 Å². The summed E-state index contributed by atoms with van der Waals surface area (Å²) in [6.45, 7) is 5.29. The van der Waals surface area contributed by atoms with E-state index in [1.807, 2.05) is 16.8 Å². The van der Waals surface area contributed by atoms with Gasteiger partial charge in [-0.3, -0.25) is 9.80 Å². The van der Waals surface area contributed by atoms with Gasteiger partial charge in [-0.15, -0.1) is 5.10 Å². The van der Waals surface area contributed by atoms with Gasteiger partial charge in [-0.25, -0.2) is 4.68 Å². The summed E-state index contributed by atoms with van der Waals surface area (Å²) in [7, 11) is 5.01. The summed E-state index contributed by atoms with van der Waals surface area (Å²) in [4.78, 5) is 5.16. The summed E-state index contributed by atoms with van der Waals surface area (Å²) in [5, 5.41) is 12.7. The van der Waals surface area contributed by atoms with E-state index in [4.69, 9.17) is 14.2 Å². The number of methoxy groups -OCH3 is 3. The molecule has 1 aliphatic carbocycles. The predicted octanol–water partition coefficient (Wildman–Crippen LogP) is 1.99. The molecule has 1 saturated heterocycles. The predicted molar refractivity (Wildman–Crippen MR) is 116 cm³/mol. The SMILES string of the molecule is COCCn1nnnc1C(c1ccc(OC)c(OC)c1)N1CCN(C2CCCC2)CC1. The van der Waals surface area contributed by atoms with Gasteiger partial charge in [-0.2, -0.15) is 0 Å². The van der Waals surface area contributed by atoms with Crippen LogP contribution in [-0.2, 0) is 11.3 Å². The van der Waals surface area contributed by atoms with Crippen molar-refractivity contribution in [2.75, 3.05) is 54.1 Å². The molecule has 1 aromatic heterocycles. The van der Waals surface area contributed by atoms with E-state index in [2.05, 4.69) is 31.4 Å². The average molecular weight is 431 g/mol. The van der Waals surface area contributed by atoms with E-state index in [1.54, 1.807) is 21.3 Å². The fraction of sp³-hybridized carbons (Fsp3) is 0.682. The molecule has 1 atom stereocenters. The van der Waals surface area contributed by atoms with Crippen molar-refractivity contribution in [2.24, 2.45) is 0 Å². The van der Waals surface area contributed by atoms with Crippen LogP contribution in [0.5, 0.6) is 11.5 Å². The quantitative estimate of drug-likeness (QED) is 0.598. The minimum absolute atomic E-state index is 0.0580. The molecule has 9 nitrogen and oxygen atoms in total. The highest BCUT2D eigenvalue weighted by Gasteiger charge is 2.33. The maximum absolute atomic E-state index is 5.58. The van der Waals surface area contributed by atoms with Crippen LogP contribution >= 0.6 is 0 Å². The lowest BCUT2D eigenvalue weighted by atomic mass is 10.0. The number of piperazine rings is 1. The van der Waals surface area contributed by atoms with Crippen LogP contribution in [0.3, 0.4) is 0 Å². The topological polar surface area (TPSA) is 77.8 Å². The second-order valence-electron chi connectivity index (χ2n) is 8.28. The molecule has 9 heteroatoms. The van der Waals surface area contributed by atoms with Crippen molar-refractivity contribution in [3.63, 3.8) is 0 Å². The van der Waals surface area contributed by atoms with Crippen LogP contribution in [0.4, 0.5) is 0 Å². The van der Waals surface area contributed by atoms with E-state index >= 15 is 0 Å². The van der Waals surface area contributed by atoms with Crippen molar-refractivity contribution < 1.29 is 14.2 Å². The maximum Gasteiger partial charge on any atom is 0.173 e. The monoisotopic (exact) mass is 430 g/mol. The molecule has 2 aliphatic rings. The Balaban J connectivity index is 1.61. The minimum atomic E-state index is -0.0580. The number of ether oxygens (including phenoxy) is 3. The van der Waals surface area contributed by atoms with Gasteiger partial charge in [0.25, 0.3) is 0 Å². The fourth-order valence-electron chi connectivity index (χ4n) is 4.92. The first-order chi connectivity index (χ1) is 15.2. The molecule has 2 heterocycles. The normalized spacial score (nSPS) is 19.6. The molecule has 2 aromatic rings. The van der Waals surface area contributed by atoms with Gasteiger partial charge in [0.15, 0.2) is 17.3 Å². The smallest absolute Gasteiger partial charge is 0.173 e. The molecule has 1 unspecified atom stereocenters. The highest BCUT2D eigenvalue weighted by Crippen LogP contribution is 2.35. The Kier molecular flexibility index (Phi) is 7.37. The molecule has 2 fully saturated rings. The van der Waals surface area contributed by atoms with Gasteiger partial charge >= 0.3 is 0 Å². The zero-order valence-corrected chi connectivity index (χ0v) is 18.9. The molecule has 1 saturated carbocycles. The van der Waals surface area contributed by atoms with Crippen LogP contribution in [0, 0.1) is 0 Å². The molecule has 0 bridgehead atoms. The Hall–Kier alpha value is -2.23. The van der Waals surface area contributed by atoms with Crippen molar-refractivity contribution in [3.8, 4) is 11.5 Å². The van der Waals surface area contributed by atoms with Crippen molar-refractivity contribution >= 4 is 0 Å². The Bertz CT molecular complexity index is 830. The van der Waals surface area contributed by atoms with Crippen LogP contribution in [0.1, 0.15) is 43.1 Å². The summed E-state index contributed by atoms with van der Waals surface area (Å²) in [6, 6.07) is 6.79. The lowest BCUT2D eigenvalue weighted by Crippen LogP contribution is -2.51. The lowest BCUT2D eigenvalue weighted by Gasteiger charge is -2.41. The zero-order chi connectivity index (χ0) is 21.6. The number of benzene rings is 1. The van der Waals surface area contributed by atoms with Gasteiger partial charge in [0.2, 0.25) is 0 Å². The van der Waals surface area contributed by atoms with Gasteiger partial charge in [0.1, 0.15) is 0 Å². The summed E-state index contributed by atoms with van der Waals surface area (Å²) in [5.41, 5.74) is 1.10. The third-order valence-electron chi connectivity index (χ3n) is 6.59. The van der Waals surface area contributed by atoms with Gasteiger partial charge < -0.3 is 14.2 Å². The molecule has 0 N–H and O–H groups in total. The Labute approximate surface area is 184 Å². The molecule has 170 valence electrons. The Morgan fingerprint density at radius 3 is 2.42 bits per heavy atom. The number of hydrogen-bond donors (Lipinski definition) is 0. The van der Waals surface area contributed by atoms with Crippen LogP contribution < -0.4 is 9.47 Å². The second-order valence-corrected chi connectivity index (χ2v) is 8.28. The average Bonchev–Trinajstić information content (AvgIpc) is 3.51. The number of hydrogen-bond acceptors (Lipinski definition) is 8. The largest absolute Gasteiger partial charge is 0.493 e. The summed E-state index contributed by atoms with van der Waals surface area (Å²) < 4.78 is 18.1. The molecule has 0 amide bonds. The van der Waals surface area contributed by atoms with Crippen molar-refractivity contribution in [3.05, 3.63) is 29.6 Å². The van der Waals surface area contributed by atoms with Crippen LogP contribution in [0.25, 0.3) is 0 Å². The van der Waals surface area contributed by atoms with Crippen molar-refractivity contribution in [1.29, 1.82) is 0 Å². The number of rotatable bonds is 9. The maximum atomic E-state index is 5.58. The molecule has 31 heavy (non-hydrogen) atoms. The summed E-state index contributed by atoms with van der Waals surface area (Å²) >= 11 is 0. The number of nitrogens with zero attached hydrogens (tertiary/aromatic N) is 6. The van der Waals surface area contributed by atoms with Gasteiger partial charge in [0, 0.05) is 39.3 Å². The molecule has 1 aliphatic heterocycles. The first kappa shape index (κ1) is 22.0. The van der Waals surface area contributed by atoms with Crippen molar-refractivity contribution in [2.45, 2.75) is 44.3 Å². The highest BCUT2D eigenvalue weighted by atomic mass is 16.5. The number of tetrazole rings is 1. The zero-order valence-electron chi connectivity index (χ0n) is 18.9. The van der Waals surface area contributed by atoms with Crippen LogP contribution in [0.2, 0.25) is 0 Å². The van der Waals surface area contributed by atoms with Gasteiger partial charge in [-0.05, 0) is 41.0 Å². The minimum Gasteiger partial charge on any atom is -0.493 e. The molecule has 4 rings (SSSR count). The first-order valence-electron chi connectivity index (χ1n) is 11.2. The van der Waals surface area contributed by atoms with E-state index in [0.29, 0.717) is 18.9 Å². The van der Waals surface area contributed by atoms with E-state index < -0.39 is 0 Å². The third kappa shape index (κ3) is 4.83. The molecule has 0 spiro atoms. The first-order valence-corrected chi connectivity index (χ1v) is 11.2.